The van der Waals surface area contributed by atoms with Gasteiger partial charge in [-0.2, -0.15) is 0 Å². The second kappa shape index (κ2) is 7.72. The lowest BCUT2D eigenvalue weighted by Gasteiger charge is -2.31. The number of methoxy groups -OCH3 is 1. The maximum absolute atomic E-state index is 13.7. The molecule has 0 radical (unpaired) electrons. The van der Waals surface area contributed by atoms with Crippen molar-refractivity contribution in [3.63, 3.8) is 0 Å². The minimum absolute atomic E-state index is 0.0500. The average molecular weight is 381 g/mol. The van der Waals surface area contributed by atoms with Gasteiger partial charge in [-0.3, -0.25) is 9.69 Å². The lowest BCUT2D eigenvalue weighted by atomic mass is 9.89. The number of hydrogen-bond acceptors (Lipinski definition) is 4. The number of halogens is 1. The second-order valence-electron chi connectivity index (χ2n) is 7.36. The molecular formula is C22H24FN3O2. The van der Waals surface area contributed by atoms with E-state index in [1.165, 1.54) is 25.3 Å². The predicted molar refractivity (Wildman–Crippen MR) is 106 cm³/mol. The molecule has 1 fully saturated rings. The Morgan fingerprint density at radius 1 is 1.29 bits per heavy atom. The molecule has 1 aliphatic heterocycles. The number of benzene rings is 2. The van der Waals surface area contributed by atoms with Crippen LogP contribution >= 0.6 is 0 Å². The third kappa shape index (κ3) is 3.52. The SMILES string of the molecule is COc1ccc(F)cc1C(=O)C1CCCN(Cc2nc3ccccc3n2C)C1. The number of imidazole rings is 1. The van der Waals surface area contributed by atoms with E-state index in [0.717, 1.165) is 36.2 Å². The Kier molecular flexibility index (Phi) is 5.13. The van der Waals surface area contributed by atoms with Gasteiger partial charge < -0.3 is 9.30 Å². The number of nitrogens with zero attached hydrogens (tertiary/aromatic N) is 3. The lowest BCUT2D eigenvalue weighted by Crippen LogP contribution is -2.38. The molecule has 1 aromatic heterocycles. The number of fused-ring (bicyclic) bond motifs is 1. The first kappa shape index (κ1) is 18.6. The van der Waals surface area contributed by atoms with Crippen LogP contribution in [0, 0.1) is 11.7 Å². The zero-order valence-corrected chi connectivity index (χ0v) is 16.2. The summed E-state index contributed by atoms with van der Waals surface area (Å²) >= 11 is 0. The second-order valence-corrected chi connectivity index (χ2v) is 7.36. The average Bonchev–Trinajstić information content (AvgIpc) is 3.03. The highest BCUT2D eigenvalue weighted by Gasteiger charge is 2.29. The molecule has 5 nitrogen and oxygen atoms in total. The van der Waals surface area contributed by atoms with Gasteiger partial charge in [0.25, 0.3) is 0 Å². The molecule has 6 heteroatoms. The molecule has 0 aliphatic carbocycles. The van der Waals surface area contributed by atoms with E-state index in [9.17, 15) is 9.18 Å². The molecule has 1 atom stereocenters. The normalized spacial score (nSPS) is 17.8. The number of piperidine rings is 1. The van der Waals surface area contributed by atoms with Crippen molar-refractivity contribution in [3.8, 4) is 5.75 Å². The molecule has 1 aliphatic rings. The van der Waals surface area contributed by atoms with Crippen LogP contribution in [-0.2, 0) is 13.6 Å². The van der Waals surface area contributed by atoms with E-state index in [2.05, 4.69) is 15.5 Å². The number of aromatic nitrogens is 2. The molecule has 3 aromatic rings. The van der Waals surface area contributed by atoms with Crippen LogP contribution in [0.25, 0.3) is 11.0 Å². The first-order valence-corrected chi connectivity index (χ1v) is 9.57. The molecule has 0 bridgehead atoms. The van der Waals surface area contributed by atoms with Gasteiger partial charge in [-0.25, -0.2) is 9.37 Å². The zero-order chi connectivity index (χ0) is 19.7. The lowest BCUT2D eigenvalue weighted by molar-refractivity contribution is 0.0804. The molecule has 0 N–H and O–H groups in total. The van der Waals surface area contributed by atoms with Crippen molar-refractivity contribution in [1.29, 1.82) is 0 Å². The Bertz CT molecular complexity index is 1010. The first-order chi connectivity index (χ1) is 13.6. The Morgan fingerprint density at radius 2 is 2.11 bits per heavy atom. The minimum atomic E-state index is -0.420. The van der Waals surface area contributed by atoms with Crippen LogP contribution in [-0.4, -0.2) is 40.4 Å². The topological polar surface area (TPSA) is 47.4 Å². The Hall–Kier alpha value is -2.73. The molecule has 2 heterocycles. The van der Waals surface area contributed by atoms with Crippen LogP contribution in [0.15, 0.2) is 42.5 Å². The molecule has 0 spiro atoms. The number of carbonyl (C=O) groups excluding carboxylic acids is 1. The van der Waals surface area contributed by atoms with Gasteiger partial charge >= 0.3 is 0 Å². The van der Waals surface area contributed by atoms with E-state index < -0.39 is 5.82 Å². The molecule has 28 heavy (non-hydrogen) atoms. The van der Waals surface area contributed by atoms with Crippen LogP contribution in [0.2, 0.25) is 0 Å². The summed E-state index contributed by atoms with van der Waals surface area (Å²) in [5, 5.41) is 0. The smallest absolute Gasteiger partial charge is 0.171 e. The number of rotatable bonds is 5. The first-order valence-electron chi connectivity index (χ1n) is 9.57. The molecule has 0 amide bonds. The summed E-state index contributed by atoms with van der Waals surface area (Å²) in [6.45, 7) is 2.25. The number of aryl methyl sites for hydroxylation is 1. The van der Waals surface area contributed by atoms with Crippen molar-refractivity contribution in [2.24, 2.45) is 13.0 Å². The maximum Gasteiger partial charge on any atom is 0.171 e. The van der Waals surface area contributed by atoms with E-state index in [-0.39, 0.29) is 11.7 Å². The summed E-state index contributed by atoms with van der Waals surface area (Å²) in [6.07, 6.45) is 1.73. The number of hydrogen-bond donors (Lipinski definition) is 0. The Balaban J connectivity index is 1.52. The summed E-state index contributed by atoms with van der Waals surface area (Å²) in [7, 11) is 3.53. The van der Waals surface area contributed by atoms with Crippen LogP contribution in [0.5, 0.6) is 5.75 Å². The van der Waals surface area contributed by atoms with E-state index in [4.69, 9.17) is 9.72 Å². The number of likely N-dealkylation sites (tertiary alicyclic amines) is 1. The summed E-state index contributed by atoms with van der Waals surface area (Å²) in [5.41, 5.74) is 2.41. The third-order valence-corrected chi connectivity index (χ3v) is 5.55. The summed E-state index contributed by atoms with van der Waals surface area (Å²) in [4.78, 5) is 20.0. The highest BCUT2D eigenvalue weighted by Crippen LogP contribution is 2.28. The van der Waals surface area contributed by atoms with Gasteiger partial charge in [0.1, 0.15) is 17.4 Å². The summed E-state index contributed by atoms with van der Waals surface area (Å²) < 4.78 is 21.1. The fraction of sp³-hybridized carbons (Fsp3) is 0.364. The maximum atomic E-state index is 13.7. The monoisotopic (exact) mass is 381 g/mol. The van der Waals surface area contributed by atoms with E-state index in [0.29, 0.717) is 24.4 Å². The number of para-hydroxylation sites is 2. The predicted octanol–water partition coefficient (Wildman–Crippen LogP) is 3.82. The molecule has 2 aromatic carbocycles. The van der Waals surface area contributed by atoms with Gasteiger partial charge in [0.05, 0.1) is 30.3 Å². The van der Waals surface area contributed by atoms with E-state index in [1.54, 1.807) is 0 Å². The van der Waals surface area contributed by atoms with Crippen molar-refractivity contribution in [3.05, 3.63) is 59.7 Å². The molecule has 0 saturated carbocycles. The fourth-order valence-corrected chi connectivity index (χ4v) is 4.04. The van der Waals surface area contributed by atoms with Crippen molar-refractivity contribution in [2.45, 2.75) is 19.4 Å². The molecular weight excluding hydrogens is 357 g/mol. The minimum Gasteiger partial charge on any atom is -0.496 e. The van der Waals surface area contributed by atoms with Crippen LogP contribution in [0.3, 0.4) is 0 Å². The fourth-order valence-electron chi connectivity index (χ4n) is 4.04. The third-order valence-electron chi connectivity index (χ3n) is 5.55. The van der Waals surface area contributed by atoms with Gasteiger partial charge in [0, 0.05) is 19.5 Å². The highest BCUT2D eigenvalue weighted by atomic mass is 19.1. The molecule has 4 rings (SSSR count). The zero-order valence-electron chi connectivity index (χ0n) is 16.2. The number of Topliss-reactive ketones (excluding diaryl/α,β-unsaturated/α-hetero) is 1. The quantitative estimate of drug-likeness (QED) is 0.631. The molecule has 1 saturated heterocycles. The summed E-state index contributed by atoms with van der Waals surface area (Å²) in [5.74, 6) is 0.776. The highest BCUT2D eigenvalue weighted by molar-refractivity contribution is 6.00. The Labute approximate surface area is 163 Å². The van der Waals surface area contributed by atoms with E-state index >= 15 is 0 Å². The number of ketones is 1. The standard InChI is InChI=1S/C22H24FN3O2/c1-25-19-8-4-3-7-18(19)24-21(25)14-26-11-5-6-15(13-26)22(27)17-12-16(23)9-10-20(17)28-2/h3-4,7-10,12,15H,5-6,11,13-14H2,1-2H3. The van der Waals surface area contributed by atoms with Crippen molar-refractivity contribution in [2.75, 3.05) is 20.2 Å². The molecule has 146 valence electrons. The molecule has 1 unspecified atom stereocenters. The van der Waals surface area contributed by atoms with Crippen molar-refractivity contribution < 1.29 is 13.9 Å². The van der Waals surface area contributed by atoms with Gasteiger partial charge in [-0.15, -0.1) is 0 Å². The van der Waals surface area contributed by atoms with Gasteiger partial charge in [-0.05, 0) is 49.7 Å². The van der Waals surface area contributed by atoms with Crippen LogP contribution < -0.4 is 4.74 Å². The van der Waals surface area contributed by atoms with E-state index in [1.807, 2.05) is 25.2 Å². The Morgan fingerprint density at radius 3 is 2.89 bits per heavy atom. The van der Waals surface area contributed by atoms with Gasteiger partial charge in [0.15, 0.2) is 5.78 Å². The van der Waals surface area contributed by atoms with Crippen LogP contribution in [0.4, 0.5) is 4.39 Å². The van der Waals surface area contributed by atoms with Crippen LogP contribution in [0.1, 0.15) is 29.0 Å². The van der Waals surface area contributed by atoms with Gasteiger partial charge in [0.2, 0.25) is 0 Å². The van der Waals surface area contributed by atoms with Crippen molar-refractivity contribution in [1.82, 2.24) is 14.5 Å². The largest absolute Gasteiger partial charge is 0.496 e. The van der Waals surface area contributed by atoms with Gasteiger partial charge in [-0.1, -0.05) is 12.1 Å². The number of ether oxygens (including phenoxy) is 1. The van der Waals surface area contributed by atoms with Crippen molar-refractivity contribution >= 4 is 16.8 Å². The summed E-state index contributed by atoms with van der Waals surface area (Å²) in [6, 6.07) is 12.2. The number of carbonyl (C=O) groups is 1.